The summed E-state index contributed by atoms with van der Waals surface area (Å²) in [5, 5.41) is 18.3. The average Bonchev–Trinajstić information content (AvgIpc) is 3.11. The van der Waals surface area contributed by atoms with Crippen molar-refractivity contribution in [1.82, 2.24) is 15.1 Å². The second kappa shape index (κ2) is 8.90. The zero-order valence-corrected chi connectivity index (χ0v) is 19.0. The molecule has 2 aromatic rings. The highest BCUT2D eigenvalue weighted by atomic mass is 32.2. The minimum Gasteiger partial charge on any atom is -0.484 e. The molecular formula is C20H25N5O7S. The third-order valence-corrected chi connectivity index (χ3v) is 7.33. The van der Waals surface area contributed by atoms with Crippen molar-refractivity contribution >= 4 is 33.4 Å². The molecule has 178 valence electrons. The van der Waals surface area contributed by atoms with Crippen LogP contribution in [0.2, 0.25) is 0 Å². The van der Waals surface area contributed by atoms with Gasteiger partial charge in [-0.1, -0.05) is 0 Å². The highest BCUT2D eigenvalue weighted by molar-refractivity contribution is 7.92. The number of carbonyl (C=O) groups is 2. The largest absolute Gasteiger partial charge is 0.484 e. The van der Waals surface area contributed by atoms with E-state index in [1.165, 1.54) is 33.4 Å². The molecule has 1 aromatic carbocycles. The van der Waals surface area contributed by atoms with E-state index in [1.807, 2.05) is 6.92 Å². The lowest BCUT2D eigenvalue weighted by Gasteiger charge is -2.36. The van der Waals surface area contributed by atoms with Gasteiger partial charge in [0.1, 0.15) is 16.7 Å². The number of rotatable bonds is 7. The topological polar surface area (TPSA) is 152 Å². The van der Waals surface area contributed by atoms with E-state index in [-0.39, 0.29) is 46.9 Å². The van der Waals surface area contributed by atoms with Crippen LogP contribution >= 0.6 is 0 Å². The van der Waals surface area contributed by atoms with Crippen LogP contribution in [-0.2, 0) is 26.1 Å². The first-order chi connectivity index (χ1) is 15.7. The maximum atomic E-state index is 13.7. The van der Waals surface area contributed by atoms with Gasteiger partial charge in [-0.2, -0.15) is 5.10 Å². The molecule has 0 spiro atoms. The lowest BCUT2D eigenvalue weighted by molar-refractivity contribution is -0.139. The molecule has 12 nitrogen and oxygen atoms in total. The summed E-state index contributed by atoms with van der Waals surface area (Å²) >= 11 is 0. The fourth-order valence-electron chi connectivity index (χ4n) is 3.63. The Bertz CT molecular complexity index is 1180. The molecule has 0 bridgehead atoms. The number of nitrogens with zero attached hydrogens (tertiary/aromatic N) is 3. The molecule has 4 rings (SSSR count). The number of anilines is 2. The fourth-order valence-corrected chi connectivity index (χ4v) is 5.30. The molecule has 0 radical (unpaired) electrons. The van der Waals surface area contributed by atoms with Crippen molar-refractivity contribution in [3.63, 3.8) is 0 Å². The van der Waals surface area contributed by atoms with Gasteiger partial charge in [0.2, 0.25) is 5.91 Å². The minimum absolute atomic E-state index is 0.0446. The van der Waals surface area contributed by atoms with Gasteiger partial charge in [0.25, 0.3) is 10.0 Å². The van der Waals surface area contributed by atoms with Gasteiger partial charge >= 0.3 is 6.09 Å². The molecule has 13 heteroatoms. The highest BCUT2D eigenvalue weighted by Crippen LogP contribution is 2.39. The van der Waals surface area contributed by atoms with E-state index < -0.39 is 22.2 Å². The van der Waals surface area contributed by atoms with Crippen LogP contribution in [0.15, 0.2) is 29.3 Å². The van der Waals surface area contributed by atoms with Crippen molar-refractivity contribution in [3.05, 3.63) is 30.1 Å². The Morgan fingerprint density at radius 2 is 2.06 bits per heavy atom. The van der Waals surface area contributed by atoms with Gasteiger partial charge in [0.15, 0.2) is 0 Å². The monoisotopic (exact) mass is 479 g/mol. The van der Waals surface area contributed by atoms with Crippen LogP contribution in [0.3, 0.4) is 0 Å². The average molecular weight is 480 g/mol. The number of carboxylic acid groups (broad SMARTS) is 1. The Morgan fingerprint density at radius 1 is 1.30 bits per heavy atom. The first-order valence-electron chi connectivity index (χ1n) is 10.4. The smallest absolute Gasteiger partial charge is 0.409 e. The molecule has 1 aromatic heterocycles. The van der Waals surface area contributed by atoms with E-state index >= 15 is 0 Å². The van der Waals surface area contributed by atoms with E-state index in [4.69, 9.17) is 14.6 Å². The number of aromatic nitrogens is 2. The number of hydrogen-bond donors (Lipinski definition) is 3. The molecule has 0 saturated carbocycles. The van der Waals surface area contributed by atoms with Gasteiger partial charge in [-0.3, -0.25) is 19.1 Å². The van der Waals surface area contributed by atoms with Crippen molar-refractivity contribution in [1.29, 1.82) is 0 Å². The highest BCUT2D eigenvalue weighted by Gasteiger charge is 2.37. The Balaban J connectivity index is 1.66. The lowest BCUT2D eigenvalue weighted by Crippen LogP contribution is -2.50. The lowest BCUT2D eigenvalue weighted by atomic mass is 10.1. The van der Waals surface area contributed by atoms with E-state index in [0.29, 0.717) is 25.5 Å². The van der Waals surface area contributed by atoms with Gasteiger partial charge in [0, 0.05) is 18.4 Å². The zero-order chi connectivity index (χ0) is 23.8. The number of aryl methyl sites for hydroxylation is 2. The predicted molar refractivity (Wildman–Crippen MR) is 117 cm³/mol. The predicted octanol–water partition coefficient (Wildman–Crippen LogP) is 1.02. The SMILES string of the molecule is CCn1cc(S(=O)(=O)N2CC(CNC(=O)C3COC3)Oc3ccc(NC(=O)O)cc32)c(C)n1. The Kier molecular flexibility index (Phi) is 6.17. The molecule has 2 aliphatic rings. The first kappa shape index (κ1) is 22.9. The van der Waals surface area contributed by atoms with Gasteiger partial charge in [-0.05, 0) is 32.0 Å². The van der Waals surface area contributed by atoms with E-state index in [0.717, 1.165) is 0 Å². The van der Waals surface area contributed by atoms with Gasteiger partial charge < -0.3 is 19.9 Å². The molecule has 0 aliphatic carbocycles. The quantitative estimate of drug-likeness (QED) is 0.532. The fraction of sp³-hybridized carbons (Fsp3) is 0.450. The molecule has 3 heterocycles. The van der Waals surface area contributed by atoms with E-state index in [9.17, 15) is 18.0 Å². The van der Waals surface area contributed by atoms with E-state index in [2.05, 4.69) is 15.7 Å². The van der Waals surface area contributed by atoms with Crippen LogP contribution in [-0.4, -0.2) is 67.7 Å². The van der Waals surface area contributed by atoms with Crippen molar-refractivity contribution in [2.24, 2.45) is 5.92 Å². The van der Waals surface area contributed by atoms with Crippen LogP contribution in [0, 0.1) is 12.8 Å². The number of sulfonamides is 1. The minimum atomic E-state index is -4.06. The first-order valence-corrected chi connectivity index (χ1v) is 11.9. The Morgan fingerprint density at radius 3 is 2.67 bits per heavy atom. The third-order valence-electron chi connectivity index (χ3n) is 5.45. The molecule has 1 unspecified atom stereocenters. The van der Waals surface area contributed by atoms with Gasteiger partial charge in [-0.25, -0.2) is 13.2 Å². The second-order valence-corrected chi connectivity index (χ2v) is 9.63. The number of nitrogens with one attached hydrogen (secondary N) is 2. The Labute approximate surface area is 190 Å². The summed E-state index contributed by atoms with van der Waals surface area (Å²) in [6.07, 6.45) is -0.467. The number of benzene rings is 1. The molecule has 1 fully saturated rings. The third kappa shape index (κ3) is 4.59. The normalized spacial score (nSPS) is 18.1. The molecule has 2 aliphatic heterocycles. The van der Waals surface area contributed by atoms with Gasteiger partial charge in [0.05, 0.1) is 43.6 Å². The van der Waals surface area contributed by atoms with Crippen molar-refractivity contribution < 1.29 is 32.6 Å². The van der Waals surface area contributed by atoms with Crippen LogP contribution in [0.4, 0.5) is 16.2 Å². The molecule has 3 N–H and O–H groups in total. The molecule has 1 atom stereocenters. The Hall–Kier alpha value is -3.32. The number of hydrogen-bond acceptors (Lipinski definition) is 7. The summed E-state index contributed by atoms with van der Waals surface area (Å²) in [4.78, 5) is 23.3. The van der Waals surface area contributed by atoms with Gasteiger partial charge in [-0.15, -0.1) is 0 Å². The van der Waals surface area contributed by atoms with Crippen molar-refractivity contribution in [3.8, 4) is 5.75 Å². The number of carbonyl (C=O) groups excluding carboxylic acids is 1. The summed E-state index contributed by atoms with van der Waals surface area (Å²) in [6.45, 7) is 4.71. The summed E-state index contributed by atoms with van der Waals surface area (Å²) in [7, 11) is -4.06. The summed E-state index contributed by atoms with van der Waals surface area (Å²) in [5.74, 6) is -0.133. The van der Waals surface area contributed by atoms with Crippen LogP contribution in [0.5, 0.6) is 5.75 Å². The molecular weight excluding hydrogens is 454 g/mol. The van der Waals surface area contributed by atoms with Crippen LogP contribution in [0.1, 0.15) is 12.6 Å². The standard InChI is InChI=1S/C20H25N5O7S/c1-3-24-9-18(12(2)23-24)33(29,30)25-8-15(7-21-19(26)13-10-31-11-13)32-17-5-4-14(6-16(17)25)22-20(27)28/h4-6,9,13,15,22H,3,7-8,10-11H2,1-2H3,(H,21,26)(H,27,28). The van der Waals surface area contributed by atoms with Crippen LogP contribution < -0.4 is 19.7 Å². The number of fused-ring (bicyclic) bond motifs is 1. The zero-order valence-electron chi connectivity index (χ0n) is 18.1. The maximum Gasteiger partial charge on any atom is 0.409 e. The summed E-state index contributed by atoms with van der Waals surface area (Å²) in [6, 6.07) is 4.38. The van der Waals surface area contributed by atoms with E-state index in [1.54, 1.807) is 6.92 Å². The number of amides is 2. The summed E-state index contributed by atoms with van der Waals surface area (Å²) < 4.78 is 41.0. The molecule has 2 amide bonds. The number of ether oxygens (including phenoxy) is 2. The molecule has 33 heavy (non-hydrogen) atoms. The summed E-state index contributed by atoms with van der Waals surface area (Å²) in [5.41, 5.74) is 0.738. The van der Waals surface area contributed by atoms with Crippen molar-refractivity contribution in [2.75, 3.05) is 35.9 Å². The van der Waals surface area contributed by atoms with Crippen molar-refractivity contribution in [2.45, 2.75) is 31.4 Å². The molecule has 1 saturated heterocycles. The second-order valence-electron chi connectivity index (χ2n) is 7.80. The maximum absolute atomic E-state index is 13.7. The van der Waals surface area contributed by atoms with Crippen LogP contribution in [0.25, 0.3) is 0 Å².